The number of carbonyl (C=O) groups is 2. The molecule has 1 aliphatic carbocycles. The Labute approximate surface area is 134 Å². The molecule has 0 spiro atoms. The number of carboxylic acid groups (broad SMARTS) is 1. The summed E-state index contributed by atoms with van der Waals surface area (Å²) < 4.78 is 27.9. The van der Waals surface area contributed by atoms with Gasteiger partial charge in [-0.05, 0) is 30.9 Å². The number of carbonyl (C=O) groups excluding carboxylic acids is 1. The van der Waals surface area contributed by atoms with Crippen LogP contribution >= 0.6 is 0 Å². The highest BCUT2D eigenvalue weighted by atomic mass is 32.2. The number of likely N-dealkylation sites (tertiary alicyclic amines) is 1. The van der Waals surface area contributed by atoms with E-state index >= 15 is 0 Å². The first kappa shape index (κ1) is 16.0. The van der Waals surface area contributed by atoms with Crippen LogP contribution in [-0.4, -0.2) is 49.6 Å². The number of fused-ring (bicyclic) bond motifs is 1. The van der Waals surface area contributed by atoms with E-state index < -0.39 is 21.2 Å². The summed E-state index contributed by atoms with van der Waals surface area (Å²) in [6.07, 6.45) is 3.37. The molecule has 0 unspecified atom stereocenters. The highest BCUT2D eigenvalue weighted by Gasteiger charge is 2.56. The van der Waals surface area contributed by atoms with Gasteiger partial charge < -0.3 is 14.4 Å². The Balaban J connectivity index is 1.76. The van der Waals surface area contributed by atoms with E-state index in [2.05, 4.69) is 0 Å². The summed E-state index contributed by atoms with van der Waals surface area (Å²) >= 11 is 0. The van der Waals surface area contributed by atoms with Crippen molar-refractivity contribution < 1.29 is 27.5 Å². The van der Waals surface area contributed by atoms with Crippen LogP contribution in [0.3, 0.4) is 0 Å². The van der Waals surface area contributed by atoms with Gasteiger partial charge in [-0.1, -0.05) is 6.42 Å². The number of carboxylic acids is 1. The topological polar surface area (TPSA) is 105 Å². The van der Waals surface area contributed by atoms with Crippen LogP contribution in [-0.2, 0) is 20.4 Å². The molecule has 2 heterocycles. The van der Waals surface area contributed by atoms with E-state index in [0.29, 0.717) is 13.0 Å². The minimum absolute atomic E-state index is 0.0191. The molecule has 0 aromatic carbocycles. The maximum absolute atomic E-state index is 12.5. The minimum atomic E-state index is -3.24. The number of aliphatic carboxylic acids is 1. The number of rotatable bonds is 4. The van der Waals surface area contributed by atoms with E-state index in [0.717, 1.165) is 19.1 Å². The molecule has 0 radical (unpaired) electrons. The van der Waals surface area contributed by atoms with E-state index in [-0.39, 0.29) is 35.6 Å². The molecule has 3 rings (SSSR count). The van der Waals surface area contributed by atoms with Crippen LogP contribution in [0, 0.1) is 11.3 Å². The van der Waals surface area contributed by atoms with Crippen LogP contribution in [0.25, 0.3) is 0 Å². The highest BCUT2D eigenvalue weighted by molar-refractivity contribution is 7.89. The fourth-order valence-corrected chi connectivity index (χ4v) is 4.45. The summed E-state index contributed by atoms with van der Waals surface area (Å²) in [4.78, 5) is 25.7. The molecule has 0 bridgehead atoms. The van der Waals surface area contributed by atoms with E-state index in [1.807, 2.05) is 0 Å². The van der Waals surface area contributed by atoms with Crippen LogP contribution in [0.1, 0.15) is 35.6 Å². The summed E-state index contributed by atoms with van der Waals surface area (Å²) in [6, 6.07) is 2.92. The number of sulfone groups is 1. The molecule has 8 heteroatoms. The minimum Gasteiger partial charge on any atom is -0.481 e. The Morgan fingerprint density at radius 2 is 2.17 bits per heavy atom. The van der Waals surface area contributed by atoms with Crippen LogP contribution in [0.15, 0.2) is 16.5 Å². The summed E-state index contributed by atoms with van der Waals surface area (Å²) in [5.74, 6) is -1.23. The zero-order valence-electron chi connectivity index (χ0n) is 12.8. The molecule has 1 aromatic heterocycles. The van der Waals surface area contributed by atoms with E-state index in [1.165, 1.54) is 17.0 Å². The lowest BCUT2D eigenvalue weighted by Gasteiger charge is -2.22. The number of hydrogen-bond acceptors (Lipinski definition) is 5. The lowest BCUT2D eigenvalue weighted by atomic mass is 9.81. The second-order valence-corrected chi connectivity index (χ2v) is 8.71. The SMILES string of the molecule is CS(=O)(=O)Cc1ccc(C(=O)N2C[C@@H]3CCC[C@@]3(C(=O)O)C2)o1. The van der Waals surface area contributed by atoms with Gasteiger partial charge in [0.15, 0.2) is 15.6 Å². The van der Waals surface area contributed by atoms with Gasteiger partial charge in [-0.15, -0.1) is 0 Å². The van der Waals surface area contributed by atoms with Gasteiger partial charge in [0.1, 0.15) is 11.5 Å². The fourth-order valence-electron chi connectivity index (χ4n) is 3.78. The van der Waals surface area contributed by atoms with Crippen LogP contribution in [0.4, 0.5) is 0 Å². The van der Waals surface area contributed by atoms with Gasteiger partial charge in [-0.2, -0.15) is 0 Å². The van der Waals surface area contributed by atoms with Crippen molar-refractivity contribution in [1.82, 2.24) is 4.90 Å². The van der Waals surface area contributed by atoms with Gasteiger partial charge in [0, 0.05) is 19.3 Å². The number of furan rings is 1. The third kappa shape index (κ3) is 2.87. The summed E-state index contributed by atoms with van der Waals surface area (Å²) in [7, 11) is -3.24. The molecule has 1 amide bonds. The average Bonchev–Trinajstić information content (AvgIpc) is 3.08. The predicted octanol–water partition coefficient (Wildman–Crippen LogP) is 1.15. The number of nitrogens with zero attached hydrogens (tertiary/aromatic N) is 1. The monoisotopic (exact) mass is 341 g/mol. The Kier molecular flexibility index (Phi) is 3.74. The molecule has 1 saturated heterocycles. The standard InChI is InChI=1S/C15H19NO6S/c1-23(20,21)8-11-4-5-12(22-11)13(17)16-7-10-3-2-6-15(10,9-16)14(18)19/h4-5,10H,2-3,6-9H2,1H3,(H,18,19)/t10-,15+/m0/s1. The average molecular weight is 341 g/mol. The first-order valence-corrected chi connectivity index (χ1v) is 9.56. The molecule has 1 N–H and O–H groups in total. The van der Waals surface area contributed by atoms with E-state index in [1.54, 1.807) is 0 Å². The first-order chi connectivity index (χ1) is 10.7. The van der Waals surface area contributed by atoms with E-state index in [4.69, 9.17) is 4.42 Å². The van der Waals surface area contributed by atoms with Gasteiger partial charge in [-0.3, -0.25) is 9.59 Å². The smallest absolute Gasteiger partial charge is 0.311 e. The lowest BCUT2D eigenvalue weighted by Crippen LogP contribution is -2.37. The Hall–Kier alpha value is -1.83. The molecule has 2 atom stereocenters. The van der Waals surface area contributed by atoms with Gasteiger partial charge in [0.2, 0.25) is 0 Å². The molecule has 23 heavy (non-hydrogen) atoms. The Morgan fingerprint density at radius 1 is 1.43 bits per heavy atom. The van der Waals surface area contributed by atoms with Gasteiger partial charge in [0.25, 0.3) is 5.91 Å². The normalized spacial score (nSPS) is 27.2. The van der Waals surface area contributed by atoms with Crippen LogP contribution in [0.5, 0.6) is 0 Å². The van der Waals surface area contributed by atoms with Gasteiger partial charge in [-0.25, -0.2) is 8.42 Å². The largest absolute Gasteiger partial charge is 0.481 e. The molecule has 1 aromatic rings. The van der Waals surface area contributed by atoms with Crippen molar-refractivity contribution in [3.05, 3.63) is 23.7 Å². The van der Waals surface area contributed by atoms with Crippen LogP contribution < -0.4 is 0 Å². The van der Waals surface area contributed by atoms with E-state index in [9.17, 15) is 23.1 Å². The lowest BCUT2D eigenvalue weighted by molar-refractivity contribution is -0.149. The number of amides is 1. The summed E-state index contributed by atoms with van der Waals surface area (Å²) in [6.45, 7) is 0.598. The molecule has 126 valence electrons. The van der Waals surface area contributed by atoms with Crippen molar-refractivity contribution in [1.29, 1.82) is 0 Å². The van der Waals surface area contributed by atoms with Crippen molar-refractivity contribution in [3.63, 3.8) is 0 Å². The molecular weight excluding hydrogens is 322 g/mol. The molecule has 1 aliphatic heterocycles. The van der Waals surface area contributed by atoms with Crippen molar-refractivity contribution >= 4 is 21.7 Å². The third-order valence-corrected chi connectivity index (χ3v) is 5.67. The Bertz CT molecular complexity index is 752. The molecule has 7 nitrogen and oxygen atoms in total. The quantitative estimate of drug-likeness (QED) is 0.881. The predicted molar refractivity (Wildman–Crippen MR) is 80.6 cm³/mol. The Morgan fingerprint density at radius 3 is 2.78 bits per heavy atom. The summed E-state index contributed by atoms with van der Waals surface area (Å²) in [5, 5.41) is 9.55. The van der Waals surface area contributed by atoms with Crippen LogP contribution in [0.2, 0.25) is 0 Å². The molecule has 2 fully saturated rings. The fraction of sp³-hybridized carbons (Fsp3) is 0.600. The first-order valence-electron chi connectivity index (χ1n) is 7.50. The van der Waals surface area contributed by atoms with Crippen molar-refractivity contribution in [2.75, 3.05) is 19.3 Å². The van der Waals surface area contributed by atoms with Gasteiger partial charge in [0.05, 0.1) is 5.41 Å². The number of hydrogen-bond donors (Lipinski definition) is 1. The zero-order valence-corrected chi connectivity index (χ0v) is 13.6. The van der Waals surface area contributed by atoms with Gasteiger partial charge >= 0.3 is 5.97 Å². The molecule has 1 saturated carbocycles. The summed E-state index contributed by atoms with van der Waals surface area (Å²) in [5.41, 5.74) is -0.835. The zero-order chi connectivity index (χ0) is 16.8. The molecule has 2 aliphatic rings. The maximum Gasteiger partial charge on any atom is 0.311 e. The second-order valence-electron chi connectivity index (χ2n) is 6.57. The molecular formula is C15H19NO6S. The second kappa shape index (κ2) is 5.36. The van der Waals surface area contributed by atoms with Crippen molar-refractivity contribution in [2.45, 2.75) is 25.0 Å². The maximum atomic E-state index is 12.5. The van der Waals surface area contributed by atoms with Crippen molar-refractivity contribution in [2.24, 2.45) is 11.3 Å². The highest BCUT2D eigenvalue weighted by Crippen LogP contribution is 2.49. The third-order valence-electron chi connectivity index (χ3n) is 4.86. The van der Waals surface area contributed by atoms with Crippen molar-refractivity contribution in [3.8, 4) is 0 Å².